The van der Waals surface area contributed by atoms with Crippen LogP contribution in [0.3, 0.4) is 0 Å². The zero-order chi connectivity index (χ0) is 17.6. The van der Waals surface area contributed by atoms with E-state index in [0.29, 0.717) is 12.1 Å². The highest BCUT2D eigenvalue weighted by Gasteiger charge is 2.16. The Balaban J connectivity index is 0.00000312. The van der Waals surface area contributed by atoms with Crippen molar-refractivity contribution < 1.29 is 13.2 Å². The Morgan fingerprint density at radius 3 is 2.20 bits per heavy atom. The summed E-state index contributed by atoms with van der Waals surface area (Å²) >= 11 is 0. The van der Waals surface area contributed by atoms with E-state index in [0.717, 1.165) is 5.56 Å². The van der Waals surface area contributed by atoms with Crippen LogP contribution in [0.1, 0.15) is 22.8 Å². The number of rotatable bonds is 7. The monoisotopic (exact) mass is 382 g/mol. The van der Waals surface area contributed by atoms with Crippen molar-refractivity contribution >= 4 is 28.2 Å². The summed E-state index contributed by atoms with van der Waals surface area (Å²) in [6.07, 6.45) is 0. The minimum Gasteiger partial charge on any atom is -0.350 e. The van der Waals surface area contributed by atoms with Crippen molar-refractivity contribution in [2.24, 2.45) is 0 Å². The molecule has 0 saturated carbocycles. The van der Waals surface area contributed by atoms with Crippen LogP contribution in [0.2, 0.25) is 0 Å². The molecule has 0 spiro atoms. The first kappa shape index (κ1) is 21.2. The van der Waals surface area contributed by atoms with Gasteiger partial charge in [0.05, 0.1) is 10.6 Å². The predicted octanol–water partition coefficient (Wildman–Crippen LogP) is 2.42. The molecule has 0 aliphatic heterocycles. The second kappa shape index (κ2) is 9.56. The molecular weight excluding hydrogens is 360 g/mol. The second-order valence-corrected chi connectivity index (χ2v) is 7.66. The van der Waals surface area contributed by atoms with Gasteiger partial charge in [-0.25, -0.2) is 8.42 Å². The second-order valence-electron chi connectivity index (χ2n) is 5.67. The molecule has 5 nitrogen and oxygen atoms in total. The van der Waals surface area contributed by atoms with Gasteiger partial charge >= 0.3 is 0 Å². The lowest BCUT2D eigenvalue weighted by atomic mass is 10.2. The van der Waals surface area contributed by atoms with E-state index in [4.69, 9.17) is 0 Å². The lowest BCUT2D eigenvalue weighted by Crippen LogP contribution is -2.37. The fraction of sp³-hybridized carbons (Fsp3) is 0.278. The number of amides is 1. The normalized spacial score (nSPS) is 12.1. The summed E-state index contributed by atoms with van der Waals surface area (Å²) in [6, 6.07) is 15.2. The Hall–Kier alpha value is -1.89. The van der Waals surface area contributed by atoms with E-state index in [2.05, 4.69) is 10.6 Å². The Labute approximate surface area is 155 Å². The van der Waals surface area contributed by atoms with E-state index in [9.17, 15) is 13.2 Å². The van der Waals surface area contributed by atoms with Gasteiger partial charge in [-0.15, -0.1) is 12.4 Å². The summed E-state index contributed by atoms with van der Waals surface area (Å²) in [5.74, 6) is -0.275. The molecule has 1 amide bonds. The van der Waals surface area contributed by atoms with E-state index in [1.807, 2.05) is 32.2 Å². The van der Waals surface area contributed by atoms with Gasteiger partial charge in [0.1, 0.15) is 0 Å². The lowest BCUT2D eigenvalue weighted by molar-refractivity contribution is 0.0950. The number of likely N-dealkylation sites (N-methyl/N-ethyl adjacent to an activating group) is 1. The third-order valence-corrected chi connectivity index (χ3v) is 5.44. The fourth-order valence-corrected chi connectivity index (χ4v) is 3.49. The summed E-state index contributed by atoms with van der Waals surface area (Å²) in [7, 11) is -1.60. The number of sulfone groups is 1. The summed E-state index contributed by atoms with van der Waals surface area (Å²) in [5.41, 5.74) is 1.18. The number of nitrogens with one attached hydrogen (secondary N) is 2. The van der Waals surface area contributed by atoms with Gasteiger partial charge in [-0.3, -0.25) is 4.79 Å². The quantitative estimate of drug-likeness (QED) is 0.771. The van der Waals surface area contributed by atoms with Crippen molar-refractivity contribution in [2.75, 3.05) is 13.6 Å². The van der Waals surface area contributed by atoms with E-state index < -0.39 is 9.84 Å². The van der Waals surface area contributed by atoms with Crippen LogP contribution in [0.5, 0.6) is 0 Å². The van der Waals surface area contributed by atoms with Gasteiger partial charge < -0.3 is 10.6 Å². The Morgan fingerprint density at radius 2 is 1.64 bits per heavy atom. The Kier molecular flexibility index (Phi) is 8.09. The number of benzene rings is 2. The lowest BCUT2D eigenvalue weighted by Gasteiger charge is -2.11. The Morgan fingerprint density at radius 1 is 1.04 bits per heavy atom. The van der Waals surface area contributed by atoms with Crippen LogP contribution in [0.15, 0.2) is 59.5 Å². The van der Waals surface area contributed by atoms with E-state index >= 15 is 0 Å². The molecule has 0 radical (unpaired) electrons. The van der Waals surface area contributed by atoms with Gasteiger partial charge in [0.15, 0.2) is 9.84 Å². The highest BCUT2D eigenvalue weighted by molar-refractivity contribution is 7.90. The first-order chi connectivity index (χ1) is 11.4. The third-order valence-electron chi connectivity index (χ3n) is 3.74. The molecule has 0 fully saturated rings. The average molecular weight is 383 g/mol. The van der Waals surface area contributed by atoms with Crippen LogP contribution in [-0.2, 0) is 15.6 Å². The first-order valence-electron chi connectivity index (χ1n) is 7.74. The van der Waals surface area contributed by atoms with Crippen molar-refractivity contribution in [3.05, 3.63) is 65.7 Å². The fourth-order valence-electron chi connectivity index (χ4n) is 2.14. The standard InChI is InChI=1S/C18H22N2O3S.ClH/c1-14(19-2)12-20-18(21)16-8-10-17(11-9-16)24(22,23)13-15-6-4-3-5-7-15;/h3-11,14,19H,12-13H2,1-2H3,(H,20,21);1H. The van der Waals surface area contributed by atoms with Crippen molar-refractivity contribution in [1.82, 2.24) is 10.6 Å². The molecule has 25 heavy (non-hydrogen) atoms. The largest absolute Gasteiger partial charge is 0.350 e. The number of halogens is 1. The minimum absolute atomic E-state index is 0. The van der Waals surface area contributed by atoms with Crippen molar-refractivity contribution in [3.63, 3.8) is 0 Å². The van der Waals surface area contributed by atoms with Crippen molar-refractivity contribution in [3.8, 4) is 0 Å². The van der Waals surface area contributed by atoms with Crippen LogP contribution >= 0.6 is 12.4 Å². The van der Waals surface area contributed by atoms with Gasteiger partial charge in [-0.1, -0.05) is 30.3 Å². The molecule has 0 bridgehead atoms. The predicted molar refractivity (Wildman–Crippen MR) is 102 cm³/mol. The van der Waals surface area contributed by atoms with Crippen LogP contribution in [0, 0.1) is 0 Å². The zero-order valence-corrected chi connectivity index (χ0v) is 15.9. The maximum atomic E-state index is 12.4. The van der Waals surface area contributed by atoms with Gasteiger partial charge in [0.2, 0.25) is 0 Å². The zero-order valence-electron chi connectivity index (χ0n) is 14.2. The van der Waals surface area contributed by atoms with Crippen LogP contribution < -0.4 is 10.6 Å². The molecule has 2 aromatic carbocycles. The topological polar surface area (TPSA) is 75.3 Å². The maximum absolute atomic E-state index is 12.4. The molecule has 2 rings (SSSR count). The molecule has 0 aliphatic carbocycles. The summed E-state index contributed by atoms with van der Waals surface area (Å²) in [4.78, 5) is 12.2. The smallest absolute Gasteiger partial charge is 0.251 e. The van der Waals surface area contributed by atoms with Gasteiger partial charge in [0.25, 0.3) is 5.91 Å². The number of carbonyl (C=O) groups excluding carboxylic acids is 1. The SMILES string of the molecule is CNC(C)CNC(=O)c1ccc(S(=O)(=O)Cc2ccccc2)cc1.Cl. The molecule has 0 saturated heterocycles. The van der Waals surface area contributed by atoms with Gasteiger partial charge in [-0.2, -0.15) is 0 Å². The molecule has 0 aromatic heterocycles. The molecule has 136 valence electrons. The Bertz CT molecular complexity index is 778. The molecular formula is C18H23ClN2O3S. The molecule has 7 heteroatoms. The van der Waals surface area contributed by atoms with E-state index in [1.165, 1.54) is 24.3 Å². The van der Waals surface area contributed by atoms with Crippen molar-refractivity contribution in [2.45, 2.75) is 23.6 Å². The molecule has 2 N–H and O–H groups in total. The number of hydrogen-bond acceptors (Lipinski definition) is 4. The van der Waals surface area contributed by atoms with E-state index in [-0.39, 0.29) is 35.0 Å². The summed E-state index contributed by atoms with van der Waals surface area (Å²) in [6.45, 7) is 2.46. The van der Waals surface area contributed by atoms with Crippen LogP contribution in [0.25, 0.3) is 0 Å². The number of hydrogen-bond donors (Lipinski definition) is 2. The first-order valence-corrected chi connectivity index (χ1v) is 9.40. The third kappa shape index (κ3) is 6.16. The molecule has 0 aliphatic rings. The van der Waals surface area contributed by atoms with E-state index in [1.54, 1.807) is 12.1 Å². The summed E-state index contributed by atoms with van der Waals surface area (Å²) in [5, 5.41) is 5.83. The van der Waals surface area contributed by atoms with Crippen LogP contribution in [-0.4, -0.2) is 34.0 Å². The molecule has 1 atom stereocenters. The minimum atomic E-state index is -3.43. The molecule has 2 aromatic rings. The highest BCUT2D eigenvalue weighted by atomic mass is 35.5. The van der Waals surface area contributed by atoms with Crippen molar-refractivity contribution in [1.29, 1.82) is 0 Å². The number of carbonyl (C=O) groups is 1. The highest BCUT2D eigenvalue weighted by Crippen LogP contribution is 2.17. The van der Waals surface area contributed by atoms with Gasteiger partial charge in [0, 0.05) is 18.2 Å². The maximum Gasteiger partial charge on any atom is 0.251 e. The van der Waals surface area contributed by atoms with Gasteiger partial charge in [-0.05, 0) is 43.8 Å². The molecule has 0 heterocycles. The average Bonchev–Trinajstić information content (AvgIpc) is 2.60. The molecule has 1 unspecified atom stereocenters. The van der Waals surface area contributed by atoms with Crippen LogP contribution in [0.4, 0.5) is 0 Å². The summed E-state index contributed by atoms with van der Waals surface area (Å²) < 4.78 is 24.9.